The van der Waals surface area contributed by atoms with E-state index < -0.39 is 0 Å². The molecule has 1 aliphatic rings. The van der Waals surface area contributed by atoms with Crippen LogP contribution in [0.5, 0.6) is 0 Å². The van der Waals surface area contributed by atoms with Crippen LogP contribution in [0.15, 0.2) is 28.5 Å². The van der Waals surface area contributed by atoms with E-state index >= 15 is 0 Å². The minimum Gasteiger partial charge on any atom is -0.411 e. The monoisotopic (exact) mass is 305 g/mol. The molecule has 0 unspecified atom stereocenters. The summed E-state index contributed by atoms with van der Waals surface area (Å²) in [7, 11) is 0. The number of carbonyl (C=O) groups is 1. The van der Waals surface area contributed by atoms with Gasteiger partial charge in [0.1, 0.15) is 11.4 Å². The van der Waals surface area contributed by atoms with Crippen LogP contribution in [0, 0.1) is 0 Å². The van der Waals surface area contributed by atoms with Crippen molar-refractivity contribution in [3.63, 3.8) is 0 Å². The molecule has 0 bridgehead atoms. The lowest BCUT2D eigenvalue weighted by atomic mass is 9.97. The molecule has 1 amide bonds. The molecule has 1 heterocycles. The fourth-order valence-corrected chi connectivity index (χ4v) is 2.09. The number of thiocarbonyl (C=S) groups is 1. The fourth-order valence-electron chi connectivity index (χ4n) is 2.04. The van der Waals surface area contributed by atoms with E-state index in [0.29, 0.717) is 24.3 Å². The smallest absolute Gasteiger partial charge is 0.224 e. The molecule has 0 saturated carbocycles. The maximum Gasteiger partial charge on any atom is 0.224 e. The lowest BCUT2D eigenvalue weighted by Crippen LogP contribution is -2.27. The van der Waals surface area contributed by atoms with Gasteiger partial charge in [-0.1, -0.05) is 11.2 Å². The molecule has 7 nitrogen and oxygen atoms in total. The average molecular weight is 305 g/mol. The van der Waals surface area contributed by atoms with E-state index in [9.17, 15) is 4.79 Å². The Balaban J connectivity index is 2.39. The minimum absolute atomic E-state index is 0.00684. The molecule has 0 aliphatic carbocycles. The molecule has 1 aromatic rings. The van der Waals surface area contributed by atoms with Crippen molar-refractivity contribution in [1.29, 1.82) is 0 Å². The number of anilines is 1. The molecule has 1 aromatic carbocycles. The summed E-state index contributed by atoms with van der Waals surface area (Å²) in [6.07, 6.45) is 1.10. The molecule has 0 aromatic heterocycles. The third-order valence-corrected chi connectivity index (χ3v) is 3.14. The van der Waals surface area contributed by atoms with Crippen LogP contribution in [0.2, 0.25) is 0 Å². The fraction of sp³-hybridized carbons (Fsp3) is 0.231. The normalized spacial score (nSPS) is 15.2. The molecule has 0 radical (unpaired) electrons. The highest BCUT2D eigenvalue weighted by Crippen LogP contribution is 2.24. The van der Waals surface area contributed by atoms with E-state index in [1.54, 1.807) is 19.1 Å². The summed E-state index contributed by atoms with van der Waals surface area (Å²) in [5.74, 6) is 0.00684. The maximum atomic E-state index is 11.4. The summed E-state index contributed by atoms with van der Waals surface area (Å²) in [5.41, 5.74) is 11.1. The summed E-state index contributed by atoms with van der Waals surface area (Å²) in [6.45, 7) is 1.61. The Bertz CT molecular complexity index is 654. The quantitative estimate of drug-likeness (QED) is 0.287. The van der Waals surface area contributed by atoms with Crippen molar-refractivity contribution in [1.82, 2.24) is 5.43 Å². The van der Waals surface area contributed by atoms with Gasteiger partial charge in [0.15, 0.2) is 5.11 Å². The van der Waals surface area contributed by atoms with Crippen LogP contribution < -0.4 is 16.5 Å². The van der Waals surface area contributed by atoms with Crippen LogP contribution in [-0.4, -0.2) is 27.7 Å². The van der Waals surface area contributed by atoms with Crippen LogP contribution in [0.3, 0.4) is 0 Å². The van der Waals surface area contributed by atoms with Crippen molar-refractivity contribution in [2.75, 3.05) is 5.32 Å². The highest BCUT2D eigenvalue weighted by molar-refractivity contribution is 7.80. The molecule has 2 rings (SSSR count). The molecule has 5 N–H and O–H groups in total. The van der Waals surface area contributed by atoms with Gasteiger partial charge in [0.2, 0.25) is 5.91 Å². The number of nitrogens with two attached hydrogens (primary N) is 1. The first-order chi connectivity index (χ1) is 10.0. The van der Waals surface area contributed by atoms with Gasteiger partial charge in [0.25, 0.3) is 0 Å². The zero-order chi connectivity index (χ0) is 15.4. The second-order valence-electron chi connectivity index (χ2n) is 4.54. The van der Waals surface area contributed by atoms with Crippen molar-refractivity contribution in [2.45, 2.75) is 19.8 Å². The Morgan fingerprint density at radius 3 is 2.90 bits per heavy atom. The number of amides is 1. The first-order valence-corrected chi connectivity index (χ1v) is 6.67. The van der Waals surface area contributed by atoms with E-state index in [0.717, 1.165) is 16.8 Å². The van der Waals surface area contributed by atoms with E-state index in [1.807, 2.05) is 6.07 Å². The second kappa shape index (κ2) is 6.31. The van der Waals surface area contributed by atoms with Crippen molar-refractivity contribution in [3.05, 3.63) is 29.3 Å². The molecule has 0 spiro atoms. The standard InChI is InChI=1S/C13H15N5O2S/c1-7(18-20)12(16-17-13(14)21)9-2-4-10-8(6-9)3-5-11(19)15-10/h2,4,6,20H,3,5H2,1H3,(H,15,19)(H3,14,17,21). The van der Waals surface area contributed by atoms with Gasteiger partial charge in [-0.05, 0) is 43.3 Å². The molecule has 21 heavy (non-hydrogen) atoms. The summed E-state index contributed by atoms with van der Waals surface area (Å²) >= 11 is 4.71. The second-order valence-corrected chi connectivity index (χ2v) is 4.98. The Kier molecular flexibility index (Phi) is 4.49. The summed E-state index contributed by atoms with van der Waals surface area (Å²) < 4.78 is 0. The zero-order valence-electron chi connectivity index (χ0n) is 11.4. The van der Waals surface area contributed by atoms with Crippen molar-refractivity contribution >= 4 is 40.3 Å². The van der Waals surface area contributed by atoms with Gasteiger partial charge >= 0.3 is 0 Å². The van der Waals surface area contributed by atoms with Gasteiger partial charge in [-0.3, -0.25) is 10.2 Å². The van der Waals surface area contributed by atoms with Gasteiger partial charge in [-0.2, -0.15) is 5.10 Å². The molecule has 110 valence electrons. The van der Waals surface area contributed by atoms with Gasteiger partial charge < -0.3 is 16.3 Å². The van der Waals surface area contributed by atoms with Crippen LogP contribution >= 0.6 is 12.2 Å². The molecular formula is C13H15N5O2S. The molecule has 0 fully saturated rings. The third-order valence-electron chi connectivity index (χ3n) is 3.04. The van der Waals surface area contributed by atoms with Gasteiger partial charge in [-0.25, -0.2) is 0 Å². The maximum absolute atomic E-state index is 11.4. The van der Waals surface area contributed by atoms with E-state index in [-0.39, 0.29) is 11.0 Å². The molecular weight excluding hydrogens is 290 g/mol. The number of fused-ring (bicyclic) bond motifs is 1. The predicted molar refractivity (Wildman–Crippen MR) is 84.7 cm³/mol. The number of benzene rings is 1. The molecule has 1 aliphatic heterocycles. The Hall–Kier alpha value is -2.48. The number of oxime groups is 1. The number of aryl methyl sites for hydroxylation is 1. The summed E-state index contributed by atoms with van der Waals surface area (Å²) in [6, 6.07) is 5.46. The van der Waals surface area contributed by atoms with Crippen LogP contribution in [0.25, 0.3) is 0 Å². The number of hydrazone groups is 1. The Morgan fingerprint density at radius 2 is 2.24 bits per heavy atom. The summed E-state index contributed by atoms with van der Waals surface area (Å²) in [5, 5.41) is 19.0. The van der Waals surface area contributed by atoms with Crippen LogP contribution in [0.1, 0.15) is 24.5 Å². The zero-order valence-corrected chi connectivity index (χ0v) is 12.2. The highest BCUT2D eigenvalue weighted by atomic mass is 32.1. The highest BCUT2D eigenvalue weighted by Gasteiger charge is 2.17. The lowest BCUT2D eigenvalue weighted by Gasteiger charge is -2.18. The Morgan fingerprint density at radius 1 is 1.48 bits per heavy atom. The van der Waals surface area contributed by atoms with Crippen molar-refractivity contribution < 1.29 is 10.0 Å². The number of nitrogens with one attached hydrogen (secondary N) is 2. The number of hydrogen-bond acceptors (Lipinski definition) is 5. The minimum atomic E-state index is 0.00684. The number of hydrogen-bond donors (Lipinski definition) is 4. The van der Waals surface area contributed by atoms with E-state index in [1.165, 1.54) is 0 Å². The molecule has 0 atom stereocenters. The van der Waals surface area contributed by atoms with Gasteiger partial charge in [0.05, 0.1) is 0 Å². The van der Waals surface area contributed by atoms with Crippen LogP contribution in [0.4, 0.5) is 5.69 Å². The number of rotatable bonds is 3. The van der Waals surface area contributed by atoms with E-state index in [2.05, 4.69) is 21.0 Å². The average Bonchev–Trinajstić information content (AvgIpc) is 2.46. The van der Waals surface area contributed by atoms with Crippen molar-refractivity contribution in [3.8, 4) is 0 Å². The first-order valence-electron chi connectivity index (χ1n) is 6.26. The molecule has 0 saturated heterocycles. The van der Waals surface area contributed by atoms with Gasteiger partial charge in [-0.15, -0.1) is 0 Å². The number of carbonyl (C=O) groups excluding carboxylic acids is 1. The SMILES string of the molecule is CC(=NO)C(=NNC(N)=S)c1ccc2c(c1)CCC(=O)N2. The molecule has 8 heteroatoms. The summed E-state index contributed by atoms with van der Waals surface area (Å²) in [4.78, 5) is 11.4. The lowest BCUT2D eigenvalue weighted by molar-refractivity contribution is -0.116. The third kappa shape index (κ3) is 3.54. The van der Waals surface area contributed by atoms with Crippen LogP contribution in [-0.2, 0) is 11.2 Å². The van der Waals surface area contributed by atoms with E-state index in [4.69, 9.17) is 23.2 Å². The number of nitrogens with zero attached hydrogens (tertiary/aromatic N) is 2. The van der Waals surface area contributed by atoms with Gasteiger partial charge in [0, 0.05) is 17.7 Å². The van der Waals surface area contributed by atoms with Crippen molar-refractivity contribution in [2.24, 2.45) is 16.0 Å². The topological polar surface area (TPSA) is 112 Å². The largest absolute Gasteiger partial charge is 0.411 e. The first kappa shape index (κ1) is 14.9. The predicted octanol–water partition coefficient (Wildman–Crippen LogP) is 0.959. The Labute approximate surface area is 126 Å².